The van der Waals surface area contributed by atoms with Crippen LogP contribution in [0.1, 0.15) is 43.2 Å². The van der Waals surface area contributed by atoms with Crippen LogP contribution in [-0.2, 0) is 10.2 Å². The third-order valence-electron chi connectivity index (χ3n) is 4.23. The molecule has 0 heterocycles. The van der Waals surface area contributed by atoms with Gasteiger partial charge in [-0.05, 0) is 25.3 Å². The molecule has 1 aromatic carbocycles. The summed E-state index contributed by atoms with van der Waals surface area (Å²) >= 11 is 0. The van der Waals surface area contributed by atoms with Crippen LogP contribution in [-0.4, -0.2) is 19.0 Å². The van der Waals surface area contributed by atoms with Gasteiger partial charge in [0.1, 0.15) is 0 Å². The summed E-state index contributed by atoms with van der Waals surface area (Å²) in [6, 6.07) is 7.68. The number of rotatable bonds is 2. The Morgan fingerprint density at radius 3 is 2.43 bits per heavy atom. The number of carbonyl (C=O) groups is 2. The van der Waals surface area contributed by atoms with Gasteiger partial charge >= 0.3 is 6.03 Å². The van der Waals surface area contributed by atoms with Crippen LogP contribution in [0, 0.1) is 6.92 Å². The molecule has 1 saturated carbocycles. The number of aryl methyl sites for hydroxylation is 1. The number of nitrogens with one attached hydrogen (secondary N) is 3. The molecule has 0 bridgehead atoms. The van der Waals surface area contributed by atoms with E-state index in [4.69, 9.17) is 0 Å². The lowest BCUT2D eigenvalue weighted by atomic mass is 9.68. The third-order valence-corrected chi connectivity index (χ3v) is 4.23. The van der Waals surface area contributed by atoms with Crippen molar-refractivity contribution in [1.29, 1.82) is 0 Å². The summed E-state index contributed by atoms with van der Waals surface area (Å²) in [7, 11) is 1.51. The number of hydrazine groups is 1. The third kappa shape index (κ3) is 3.35. The number of amides is 3. The normalized spacial score (nSPS) is 16.9. The van der Waals surface area contributed by atoms with Crippen molar-refractivity contribution in [2.75, 3.05) is 7.05 Å². The van der Waals surface area contributed by atoms with E-state index in [0.717, 1.165) is 43.2 Å². The van der Waals surface area contributed by atoms with Crippen LogP contribution in [0.3, 0.4) is 0 Å². The van der Waals surface area contributed by atoms with Crippen LogP contribution in [0.5, 0.6) is 0 Å². The molecule has 0 aliphatic heterocycles. The maximum absolute atomic E-state index is 12.7. The minimum absolute atomic E-state index is 0.128. The van der Waals surface area contributed by atoms with Crippen LogP contribution in [0.2, 0.25) is 0 Å². The average Bonchev–Trinajstić information content (AvgIpc) is 2.52. The molecule has 21 heavy (non-hydrogen) atoms. The van der Waals surface area contributed by atoms with Gasteiger partial charge in [-0.3, -0.25) is 10.2 Å². The fourth-order valence-corrected chi connectivity index (χ4v) is 3.04. The molecule has 3 N–H and O–H groups in total. The number of hydrogen-bond acceptors (Lipinski definition) is 2. The first-order chi connectivity index (χ1) is 10.1. The Kier molecular flexibility index (Phi) is 4.83. The molecular weight excluding hydrogens is 266 g/mol. The van der Waals surface area contributed by atoms with Crippen molar-refractivity contribution in [2.24, 2.45) is 0 Å². The van der Waals surface area contributed by atoms with Crippen molar-refractivity contribution in [1.82, 2.24) is 16.2 Å². The lowest BCUT2D eigenvalue weighted by Gasteiger charge is -2.36. The fourth-order valence-electron chi connectivity index (χ4n) is 3.04. The molecule has 114 valence electrons. The van der Waals surface area contributed by atoms with Crippen molar-refractivity contribution in [3.05, 3.63) is 35.4 Å². The molecule has 0 radical (unpaired) electrons. The van der Waals surface area contributed by atoms with Crippen LogP contribution in [0.4, 0.5) is 4.79 Å². The summed E-state index contributed by atoms with van der Waals surface area (Å²) in [5.41, 5.74) is 6.60. The molecule has 0 aromatic heterocycles. The Hall–Kier alpha value is -2.04. The van der Waals surface area contributed by atoms with E-state index in [-0.39, 0.29) is 5.91 Å². The van der Waals surface area contributed by atoms with E-state index < -0.39 is 11.4 Å². The zero-order chi connectivity index (χ0) is 15.3. The molecule has 5 heteroatoms. The first-order valence-electron chi connectivity index (χ1n) is 7.44. The second-order valence-electron chi connectivity index (χ2n) is 5.67. The lowest BCUT2D eigenvalue weighted by Crippen LogP contribution is -2.54. The van der Waals surface area contributed by atoms with Crippen LogP contribution in [0.15, 0.2) is 24.3 Å². The topological polar surface area (TPSA) is 70.2 Å². The van der Waals surface area contributed by atoms with Gasteiger partial charge in [-0.1, -0.05) is 49.1 Å². The zero-order valence-electron chi connectivity index (χ0n) is 12.7. The number of urea groups is 1. The van der Waals surface area contributed by atoms with Gasteiger partial charge in [0.2, 0.25) is 5.91 Å². The number of carbonyl (C=O) groups excluding carboxylic acids is 2. The van der Waals surface area contributed by atoms with Crippen molar-refractivity contribution in [3.63, 3.8) is 0 Å². The predicted molar refractivity (Wildman–Crippen MR) is 81.7 cm³/mol. The van der Waals surface area contributed by atoms with Crippen molar-refractivity contribution >= 4 is 11.9 Å². The molecule has 2 rings (SSSR count). The van der Waals surface area contributed by atoms with E-state index in [0.29, 0.717) is 0 Å². The van der Waals surface area contributed by atoms with Gasteiger partial charge in [-0.15, -0.1) is 0 Å². The Morgan fingerprint density at radius 2 is 1.81 bits per heavy atom. The highest BCUT2D eigenvalue weighted by molar-refractivity contribution is 5.90. The number of benzene rings is 1. The summed E-state index contributed by atoms with van der Waals surface area (Å²) in [4.78, 5) is 24.0. The maximum Gasteiger partial charge on any atom is 0.333 e. The molecule has 3 amide bonds. The predicted octanol–water partition coefficient (Wildman–Crippen LogP) is 2.16. The van der Waals surface area contributed by atoms with Crippen molar-refractivity contribution in [3.8, 4) is 0 Å². The molecule has 0 spiro atoms. The van der Waals surface area contributed by atoms with E-state index in [1.54, 1.807) is 0 Å². The Bertz CT molecular complexity index is 522. The molecule has 5 nitrogen and oxygen atoms in total. The van der Waals surface area contributed by atoms with Gasteiger partial charge < -0.3 is 5.32 Å². The fraction of sp³-hybridized carbons (Fsp3) is 0.500. The second kappa shape index (κ2) is 6.61. The van der Waals surface area contributed by atoms with Crippen LogP contribution < -0.4 is 16.2 Å². The van der Waals surface area contributed by atoms with Gasteiger partial charge in [0, 0.05) is 7.05 Å². The molecular formula is C16H23N3O2. The molecule has 0 atom stereocenters. The zero-order valence-corrected chi connectivity index (χ0v) is 12.7. The van der Waals surface area contributed by atoms with E-state index in [1.165, 1.54) is 7.05 Å². The Balaban J connectivity index is 2.24. The highest BCUT2D eigenvalue weighted by Gasteiger charge is 2.41. The van der Waals surface area contributed by atoms with Gasteiger partial charge in [-0.2, -0.15) is 0 Å². The first kappa shape index (κ1) is 15.4. The summed E-state index contributed by atoms with van der Waals surface area (Å²) in [5.74, 6) is -0.128. The first-order valence-corrected chi connectivity index (χ1v) is 7.44. The highest BCUT2D eigenvalue weighted by atomic mass is 16.2. The molecule has 1 aliphatic rings. The lowest BCUT2D eigenvalue weighted by molar-refractivity contribution is -0.128. The number of hydrogen-bond donors (Lipinski definition) is 3. The summed E-state index contributed by atoms with van der Waals surface area (Å²) < 4.78 is 0. The summed E-state index contributed by atoms with van der Waals surface area (Å²) in [6.07, 6.45) is 4.85. The van der Waals surface area contributed by atoms with Crippen LogP contribution in [0.25, 0.3) is 0 Å². The van der Waals surface area contributed by atoms with Gasteiger partial charge in [0.15, 0.2) is 0 Å². The van der Waals surface area contributed by atoms with Crippen LogP contribution >= 0.6 is 0 Å². The maximum atomic E-state index is 12.7. The molecule has 0 saturated heterocycles. The monoisotopic (exact) mass is 289 g/mol. The van der Waals surface area contributed by atoms with Gasteiger partial charge in [-0.25, -0.2) is 10.2 Å². The standard InChI is InChI=1S/C16H23N3O2/c1-12-7-6-8-13(11-12)16(9-4-3-5-10-16)14(20)18-19-15(21)17-2/h6-8,11H,3-5,9-10H2,1-2H3,(H,18,20)(H2,17,19,21). The largest absolute Gasteiger partial charge is 0.340 e. The van der Waals surface area contributed by atoms with E-state index in [1.807, 2.05) is 25.1 Å². The SMILES string of the molecule is CNC(=O)NNC(=O)C1(c2cccc(C)c2)CCCCC1. The molecule has 0 unspecified atom stereocenters. The molecule has 1 aromatic rings. The van der Waals surface area contributed by atoms with Crippen molar-refractivity contribution < 1.29 is 9.59 Å². The second-order valence-corrected chi connectivity index (χ2v) is 5.67. The minimum Gasteiger partial charge on any atom is -0.340 e. The quantitative estimate of drug-likeness (QED) is 0.730. The minimum atomic E-state index is -0.536. The van der Waals surface area contributed by atoms with Gasteiger partial charge in [0.05, 0.1) is 5.41 Å². The molecule has 1 fully saturated rings. The summed E-state index contributed by atoms with van der Waals surface area (Å²) in [5, 5.41) is 2.42. The average molecular weight is 289 g/mol. The van der Waals surface area contributed by atoms with Gasteiger partial charge in [0.25, 0.3) is 0 Å². The van der Waals surface area contributed by atoms with E-state index >= 15 is 0 Å². The van der Waals surface area contributed by atoms with Crippen molar-refractivity contribution in [2.45, 2.75) is 44.4 Å². The highest BCUT2D eigenvalue weighted by Crippen LogP contribution is 2.39. The molecule has 1 aliphatic carbocycles. The Morgan fingerprint density at radius 1 is 1.10 bits per heavy atom. The van der Waals surface area contributed by atoms with E-state index in [2.05, 4.69) is 22.2 Å². The summed E-state index contributed by atoms with van der Waals surface area (Å²) in [6.45, 7) is 2.03. The van der Waals surface area contributed by atoms with E-state index in [9.17, 15) is 9.59 Å². The Labute approximate surface area is 125 Å². The smallest absolute Gasteiger partial charge is 0.333 e.